The Morgan fingerprint density at radius 3 is 2.41 bits per heavy atom. The lowest BCUT2D eigenvalue weighted by molar-refractivity contribution is -0.113. The van der Waals surface area contributed by atoms with E-state index in [1.807, 2.05) is 6.92 Å². The fourth-order valence-electron chi connectivity index (χ4n) is 2.95. The summed E-state index contributed by atoms with van der Waals surface area (Å²) in [6.07, 6.45) is 3.42. The fourth-order valence-corrected chi connectivity index (χ4v) is 3.25. The highest BCUT2D eigenvalue weighted by Gasteiger charge is 2.34. The molecule has 1 aliphatic rings. The Hall–Kier alpha value is -3.07. The molecular formula is C18H20N4O4S. The summed E-state index contributed by atoms with van der Waals surface area (Å²) in [5.41, 5.74) is 2.33. The summed E-state index contributed by atoms with van der Waals surface area (Å²) in [6, 6.07) is 3.53. The number of amides is 1. The smallest absolute Gasteiger partial charge is 0.281 e. The first-order chi connectivity index (χ1) is 12.9. The van der Waals surface area contributed by atoms with Gasteiger partial charge in [0.2, 0.25) is 5.75 Å². The molecule has 1 fully saturated rings. The van der Waals surface area contributed by atoms with Gasteiger partial charge in [-0.2, -0.15) is 5.10 Å². The van der Waals surface area contributed by atoms with Crippen LogP contribution < -0.4 is 24.4 Å². The molecule has 3 rings (SSSR count). The number of hydrogen-bond donors (Lipinski definition) is 1. The van der Waals surface area contributed by atoms with Crippen LogP contribution in [0.25, 0.3) is 6.08 Å². The molecule has 27 heavy (non-hydrogen) atoms. The minimum atomic E-state index is -0.270. The average molecular weight is 388 g/mol. The highest BCUT2D eigenvalue weighted by atomic mass is 32.1. The number of carbonyl (C=O) groups is 1. The van der Waals surface area contributed by atoms with Gasteiger partial charge in [0.1, 0.15) is 5.70 Å². The predicted octanol–water partition coefficient (Wildman–Crippen LogP) is 2.02. The van der Waals surface area contributed by atoms with Crippen LogP contribution in [0.5, 0.6) is 17.2 Å². The molecule has 1 aromatic carbocycles. The van der Waals surface area contributed by atoms with Gasteiger partial charge in [-0.3, -0.25) is 9.48 Å². The number of nitrogens with one attached hydrogen (secondary N) is 1. The molecule has 2 heterocycles. The molecule has 1 N–H and O–H groups in total. The maximum absolute atomic E-state index is 12.9. The lowest BCUT2D eigenvalue weighted by Crippen LogP contribution is -2.30. The van der Waals surface area contributed by atoms with Gasteiger partial charge in [0.15, 0.2) is 16.6 Å². The third kappa shape index (κ3) is 3.21. The SMILES string of the molecule is COc1ccc(/C=C2/NC(=S)N(c3cn(C)nc3C)C2=O)c(OC)c1OC. The lowest BCUT2D eigenvalue weighted by Gasteiger charge is -2.14. The van der Waals surface area contributed by atoms with Gasteiger partial charge < -0.3 is 19.5 Å². The number of methoxy groups -OCH3 is 3. The van der Waals surface area contributed by atoms with E-state index in [1.165, 1.54) is 19.1 Å². The van der Waals surface area contributed by atoms with Crippen molar-refractivity contribution >= 4 is 35.0 Å². The van der Waals surface area contributed by atoms with Gasteiger partial charge in [-0.15, -0.1) is 0 Å². The summed E-state index contributed by atoms with van der Waals surface area (Å²) in [5, 5.41) is 7.52. The van der Waals surface area contributed by atoms with E-state index in [2.05, 4.69) is 10.4 Å². The van der Waals surface area contributed by atoms with E-state index >= 15 is 0 Å². The van der Waals surface area contributed by atoms with E-state index in [4.69, 9.17) is 26.4 Å². The third-order valence-corrected chi connectivity index (χ3v) is 4.43. The minimum absolute atomic E-state index is 0.270. The number of ether oxygens (including phenoxy) is 3. The van der Waals surface area contributed by atoms with Crippen LogP contribution in [0.3, 0.4) is 0 Å². The van der Waals surface area contributed by atoms with E-state index in [9.17, 15) is 4.79 Å². The van der Waals surface area contributed by atoms with Crippen LogP contribution in [0.1, 0.15) is 11.3 Å². The van der Waals surface area contributed by atoms with Crippen molar-refractivity contribution < 1.29 is 19.0 Å². The van der Waals surface area contributed by atoms with E-state index in [0.29, 0.717) is 45.0 Å². The van der Waals surface area contributed by atoms with E-state index in [-0.39, 0.29) is 5.91 Å². The van der Waals surface area contributed by atoms with Gasteiger partial charge in [0.05, 0.1) is 32.7 Å². The van der Waals surface area contributed by atoms with Crippen LogP contribution >= 0.6 is 12.2 Å². The van der Waals surface area contributed by atoms with Crippen molar-refractivity contribution in [3.8, 4) is 17.2 Å². The number of nitrogens with zero attached hydrogens (tertiary/aromatic N) is 3. The predicted molar refractivity (Wildman–Crippen MR) is 105 cm³/mol. The molecule has 0 unspecified atom stereocenters. The summed E-state index contributed by atoms with van der Waals surface area (Å²) in [7, 11) is 6.39. The number of anilines is 1. The summed E-state index contributed by atoms with van der Waals surface area (Å²) in [4.78, 5) is 14.4. The van der Waals surface area contributed by atoms with Crippen molar-refractivity contribution in [1.29, 1.82) is 0 Å². The van der Waals surface area contributed by atoms with Crippen molar-refractivity contribution in [3.63, 3.8) is 0 Å². The third-order valence-electron chi connectivity index (χ3n) is 4.14. The average Bonchev–Trinajstić information content (AvgIpc) is 3.11. The summed E-state index contributed by atoms with van der Waals surface area (Å²) in [6.45, 7) is 1.82. The zero-order valence-corrected chi connectivity index (χ0v) is 16.5. The highest BCUT2D eigenvalue weighted by molar-refractivity contribution is 7.80. The zero-order chi connectivity index (χ0) is 19.7. The summed E-state index contributed by atoms with van der Waals surface area (Å²) in [5.74, 6) is 1.17. The number of thiocarbonyl (C=S) groups is 1. The molecule has 1 aliphatic heterocycles. The van der Waals surface area contributed by atoms with E-state index < -0.39 is 0 Å². The molecule has 2 aromatic rings. The second-order valence-electron chi connectivity index (χ2n) is 5.83. The molecule has 1 aromatic heterocycles. The van der Waals surface area contributed by atoms with Gasteiger partial charge in [-0.25, -0.2) is 4.90 Å². The second kappa shape index (κ2) is 7.28. The first kappa shape index (κ1) is 18.7. The Labute approximate surface area is 162 Å². The van der Waals surface area contributed by atoms with Gasteiger partial charge in [0.25, 0.3) is 5.91 Å². The molecular weight excluding hydrogens is 368 g/mol. The van der Waals surface area contributed by atoms with E-state index in [1.54, 1.807) is 43.2 Å². The molecule has 0 radical (unpaired) electrons. The Bertz CT molecular complexity index is 951. The minimum Gasteiger partial charge on any atom is -0.493 e. The number of rotatable bonds is 5. The molecule has 9 heteroatoms. The Morgan fingerprint density at radius 1 is 1.15 bits per heavy atom. The first-order valence-corrected chi connectivity index (χ1v) is 8.48. The van der Waals surface area contributed by atoms with Gasteiger partial charge in [-0.05, 0) is 37.4 Å². The fraction of sp³-hybridized carbons (Fsp3) is 0.278. The first-order valence-electron chi connectivity index (χ1n) is 8.07. The van der Waals surface area contributed by atoms with Crippen molar-refractivity contribution in [2.75, 3.05) is 26.2 Å². The lowest BCUT2D eigenvalue weighted by atomic mass is 10.1. The standard InChI is InChI=1S/C18H20N4O4S/c1-10-13(9-21(2)20-10)22-17(23)12(19-18(22)27)8-11-6-7-14(24-3)16(26-5)15(11)25-4/h6-9H,1-5H3,(H,19,27)/b12-8+. The van der Waals surface area contributed by atoms with Crippen LogP contribution in [0.4, 0.5) is 5.69 Å². The van der Waals surface area contributed by atoms with Crippen molar-refractivity contribution in [2.45, 2.75) is 6.92 Å². The normalized spacial score (nSPS) is 15.3. The monoisotopic (exact) mass is 388 g/mol. The van der Waals surface area contributed by atoms with Gasteiger partial charge in [0, 0.05) is 18.8 Å². The molecule has 0 bridgehead atoms. The molecule has 0 aliphatic carbocycles. The highest BCUT2D eigenvalue weighted by Crippen LogP contribution is 2.40. The largest absolute Gasteiger partial charge is 0.493 e. The Balaban J connectivity index is 2.03. The number of carbonyl (C=O) groups excluding carboxylic acids is 1. The van der Waals surface area contributed by atoms with Gasteiger partial charge >= 0.3 is 0 Å². The molecule has 0 saturated carbocycles. The van der Waals surface area contributed by atoms with Crippen LogP contribution in [-0.4, -0.2) is 42.1 Å². The molecule has 142 valence electrons. The van der Waals surface area contributed by atoms with Crippen molar-refractivity contribution in [1.82, 2.24) is 15.1 Å². The molecule has 1 saturated heterocycles. The Kier molecular flexibility index (Phi) is 5.04. The Morgan fingerprint density at radius 2 is 1.85 bits per heavy atom. The number of benzene rings is 1. The van der Waals surface area contributed by atoms with Crippen LogP contribution in [0.15, 0.2) is 24.0 Å². The second-order valence-corrected chi connectivity index (χ2v) is 6.21. The number of aromatic nitrogens is 2. The van der Waals surface area contributed by atoms with E-state index in [0.717, 1.165) is 0 Å². The number of aryl methyl sites for hydroxylation is 2. The molecule has 8 nitrogen and oxygen atoms in total. The molecule has 1 amide bonds. The number of hydrogen-bond acceptors (Lipinski definition) is 6. The zero-order valence-electron chi connectivity index (χ0n) is 15.7. The van der Waals surface area contributed by atoms with Gasteiger partial charge in [-0.1, -0.05) is 0 Å². The van der Waals surface area contributed by atoms with Crippen LogP contribution in [0, 0.1) is 6.92 Å². The van der Waals surface area contributed by atoms with Crippen LogP contribution in [-0.2, 0) is 11.8 Å². The maximum Gasteiger partial charge on any atom is 0.281 e. The molecule has 0 spiro atoms. The summed E-state index contributed by atoms with van der Waals surface area (Å²) < 4.78 is 17.8. The molecule has 0 atom stereocenters. The van der Waals surface area contributed by atoms with Crippen LogP contribution in [0.2, 0.25) is 0 Å². The van der Waals surface area contributed by atoms with Crippen molar-refractivity contribution in [3.05, 3.63) is 35.3 Å². The topological polar surface area (TPSA) is 77.9 Å². The summed E-state index contributed by atoms with van der Waals surface area (Å²) >= 11 is 5.35. The van der Waals surface area contributed by atoms with Crippen molar-refractivity contribution in [2.24, 2.45) is 7.05 Å². The maximum atomic E-state index is 12.9. The quantitative estimate of drug-likeness (QED) is 0.620.